The van der Waals surface area contributed by atoms with Crippen LogP contribution in [0.4, 0.5) is 10.1 Å². The first-order valence-electron chi connectivity index (χ1n) is 11.7. The number of hydrogen-bond donors (Lipinski definition) is 2. The Morgan fingerprint density at radius 3 is 2.32 bits per heavy atom. The third kappa shape index (κ3) is 6.55. The molecule has 0 amide bonds. The maximum atomic E-state index is 15.7. The second kappa shape index (κ2) is 13.2. The summed E-state index contributed by atoms with van der Waals surface area (Å²) in [5.41, 5.74) is 13.0. The van der Waals surface area contributed by atoms with Gasteiger partial charge in [0.25, 0.3) is 0 Å². The standard InChI is InChI=1S/C30H32FN3S.C2H2/c1-8-11-19(6)21(10-3)22-13-14-25(32)24(29(22)31)17-28-33-20(7)30(34-28)23(12-9-2)27-16-15-26(35-27)18(4)5;1-2/h8-16H,1-2,4,17,32H2,3,5-7H3,(H,33,34);1-2H/b19-11-,21-10+,23-12-;. The van der Waals surface area contributed by atoms with E-state index in [9.17, 15) is 0 Å². The van der Waals surface area contributed by atoms with Gasteiger partial charge in [-0.05, 0) is 68.7 Å². The third-order valence-corrected chi connectivity index (χ3v) is 7.04. The van der Waals surface area contributed by atoms with Gasteiger partial charge in [-0.2, -0.15) is 0 Å². The number of aromatic nitrogens is 2. The van der Waals surface area contributed by atoms with Crippen LogP contribution in [-0.2, 0) is 6.42 Å². The highest BCUT2D eigenvalue weighted by molar-refractivity contribution is 7.14. The zero-order valence-electron chi connectivity index (χ0n) is 22.0. The maximum Gasteiger partial charge on any atom is 0.136 e. The minimum absolute atomic E-state index is 0.246. The minimum atomic E-state index is -0.336. The van der Waals surface area contributed by atoms with Gasteiger partial charge in [0.2, 0.25) is 0 Å². The van der Waals surface area contributed by atoms with E-state index in [-0.39, 0.29) is 12.2 Å². The molecule has 37 heavy (non-hydrogen) atoms. The quantitative estimate of drug-likeness (QED) is 0.172. The lowest BCUT2D eigenvalue weighted by Gasteiger charge is -2.14. The molecule has 0 spiro atoms. The van der Waals surface area contributed by atoms with Crippen LogP contribution in [0.25, 0.3) is 16.7 Å². The van der Waals surface area contributed by atoms with E-state index in [1.165, 1.54) is 0 Å². The first-order chi connectivity index (χ1) is 17.7. The zero-order chi connectivity index (χ0) is 27.7. The van der Waals surface area contributed by atoms with Gasteiger partial charge in [0.15, 0.2) is 0 Å². The van der Waals surface area contributed by atoms with Gasteiger partial charge in [0, 0.05) is 44.3 Å². The van der Waals surface area contributed by atoms with E-state index in [0.717, 1.165) is 43.4 Å². The third-order valence-electron chi connectivity index (χ3n) is 5.76. The summed E-state index contributed by atoms with van der Waals surface area (Å²) in [5, 5.41) is 0. The number of aryl methyl sites for hydroxylation is 1. The molecule has 0 fully saturated rings. The Bertz CT molecular complexity index is 1420. The lowest BCUT2D eigenvalue weighted by molar-refractivity contribution is 0.610. The highest BCUT2D eigenvalue weighted by atomic mass is 32.1. The maximum absolute atomic E-state index is 15.7. The molecule has 3 aromatic rings. The average Bonchev–Trinajstić information content (AvgIpc) is 3.50. The van der Waals surface area contributed by atoms with E-state index >= 15 is 4.39 Å². The van der Waals surface area contributed by atoms with Crippen LogP contribution in [0.5, 0.6) is 0 Å². The number of aromatic amines is 1. The normalized spacial score (nSPS) is 12.0. The molecule has 0 radical (unpaired) electrons. The predicted octanol–water partition coefficient (Wildman–Crippen LogP) is 8.53. The van der Waals surface area contributed by atoms with Crippen LogP contribution >= 0.6 is 11.3 Å². The summed E-state index contributed by atoms with van der Waals surface area (Å²) in [7, 11) is 0. The Kier molecular flexibility index (Phi) is 10.4. The van der Waals surface area contributed by atoms with Crippen molar-refractivity contribution in [3.05, 3.63) is 124 Å². The fourth-order valence-corrected chi connectivity index (χ4v) is 4.99. The molecule has 0 saturated carbocycles. The largest absolute Gasteiger partial charge is 0.398 e. The zero-order valence-corrected chi connectivity index (χ0v) is 22.8. The molecule has 3 N–H and O–H groups in total. The number of allylic oxidation sites excluding steroid dienone is 8. The van der Waals surface area contributed by atoms with Crippen molar-refractivity contribution in [1.82, 2.24) is 9.97 Å². The van der Waals surface area contributed by atoms with Gasteiger partial charge in [0.1, 0.15) is 11.6 Å². The number of anilines is 1. The second-order valence-corrected chi connectivity index (χ2v) is 9.46. The summed E-state index contributed by atoms with van der Waals surface area (Å²) in [6, 6.07) is 7.61. The first kappa shape index (κ1) is 29.1. The Morgan fingerprint density at radius 2 is 1.76 bits per heavy atom. The van der Waals surface area contributed by atoms with E-state index in [2.05, 4.69) is 49.7 Å². The smallest absolute Gasteiger partial charge is 0.136 e. The van der Waals surface area contributed by atoms with Crippen LogP contribution in [0, 0.1) is 25.6 Å². The van der Waals surface area contributed by atoms with Crippen LogP contribution in [-0.4, -0.2) is 9.97 Å². The number of imidazole rings is 1. The van der Waals surface area contributed by atoms with Gasteiger partial charge in [-0.25, -0.2) is 9.37 Å². The number of nitrogens with zero attached hydrogens (tertiary/aromatic N) is 1. The van der Waals surface area contributed by atoms with Crippen LogP contribution in [0.1, 0.15) is 58.9 Å². The highest BCUT2D eigenvalue weighted by Gasteiger charge is 2.20. The number of thiophene rings is 1. The van der Waals surface area contributed by atoms with E-state index < -0.39 is 0 Å². The lowest BCUT2D eigenvalue weighted by atomic mass is 9.94. The summed E-state index contributed by atoms with van der Waals surface area (Å²) < 4.78 is 15.7. The summed E-state index contributed by atoms with van der Waals surface area (Å²) in [5.74, 6) is 0.309. The molecule has 190 valence electrons. The van der Waals surface area contributed by atoms with Crippen LogP contribution in [0.2, 0.25) is 0 Å². The van der Waals surface area contributed by atoms with Crippen molar-refractivity contribution in [3.63, 3.8) is 0 Å². The summed E-state index contributed by atoms with van der Waals surface area (Å²) in [6.07, 6.45) is 17.4. The number of rotatable bonds is 9. The van der Waals surface area contributed by atoms with Gasteiger partial charge in [0.05, 0.1) is 5.69 Å². The van der Waals surface area contributed by atoms with Gasteiger partial charge < -0.3 is 10.7 Å². The number of nitrogen functional groups attached to an aromatic ring is 1. The van der Waals surface area contributed by atoms with Gasteiger partial charge in [-0.1, -0.05) is 50.1 Å². The summed E-state index contributed by atoms with van der Waals surface area (Å²) in [6.45, 7) is 19.4. The van der Waals surface area contributed by atoms with E-state index in [1.54, 1.807) is 35.6 Å². The highest BCUT2D eigenvalue weighted by Crippen LogP contribution is 2.34. The molecule has 0 aliphatic rings. The van der Waals surface area contributed by atoms with Crippen molar-refractivity contribution < 1.29 is 4.39 Å². The molecule has 2 aromatic heterocycles. The molecule has 5 heteroatoms. The van der Waals surface area contributed by atoms with Crippen molar-refractivity contribution in [3.8, 4) is 12.8 Å². The molecule has 2 heterocycles. The lowest BCUT2D eigenvalue weighted by Crippen LogP contribution is -2.04. The average molecular weight is 512 g/mol. The Labute approximate surface area is 224 Å². The van der Waals surface area contributed by atoms with Crippen molar-refractivity contribution in [2.75, 3.05) is 5.73 Å². The van der Waals surface area contributed by atoms with Gasteiger partial charge >= 0.3 is 0 Å². The molecule has 1 aromatic carbocycles. The fraction of sp³-hybridized carbons (Fsp3) is 0.156. The predicted molar refractivity (Wildman–Crippen MR) is 161 cm³/mol. The van der Waals surface area contributed by atoms with E-state index in [4.69, 9.17) is 10.7 Å². The number of H-pyrrole nitrogens is 1. The Hall–Kier alpha value is -4.14. The summed E-state index contributed by atoms with van der Waals surface area (Å²) >= 11 is 1.66. The topological polar surface area (TPSA) is 54.7 Å². The van der Waals surface area contributed by atoms with Gasteiger partial charge in [-0.15, -0.1) is 24.2 Å². The number of nitrogens with one attached hydrogen (secondary N) is 1. The molecular weight excluding hydrogens is 477 g/mol. The summed E-state index contributed by atoms with van der Waals surface area (Å²) in [4.78, 5) is 10.4. The van der Waals surface area contributed by atoms with Crippen molar-refractivity contribution in [2.45, 2.75) is 34.1 Å². The van der Waals surface area contributed by atoms with Gasteiger partial charge in [-0.3, -0.25) is 0 Å². The molecule has 0 saturated heterocycles. The minimum Gasteiger partial charge on any atom is -0.398 e. The van der Waals surface area contributed by atoms with Crippen LogP contribution < -0.4 is 5.73 Å². The number of nitrogens with two attached hydrogens (primary N) is 1. The number of terminal acetylenes is 1. The molecule has 3 rings (SSSR count). The first-order valence-corrected chi connectivity index (χ1v) is 12.5. The number of benzene rings is 1. The van der Waals surface area contributed by atoms with Crippen molar-refractivity contribution >= 4 is 33.7 Å². The van der Waals surface area contributed by atoms with Crippen LogP contribution in [0.3, 0.4) is 0 Å². The monoisotopic (exact) mass is 511 g/mol. The molecule has 3 nitrogen and oxygen atoms in total. The molecule has 0 aliphatic carbocycles. The number of hydrogen-bond acceptors (Lipinski definition) is 3. The van der Waals surface area contributed by atoms with Crippen molar-refractivity contribution in [2.24, 2.45) is 0 Å². The van der Waals surface area contributed by atoms with E-state index in [0.29, 0.717) is 22.6 Å². The Morgan fingerprint density at radius 1 is 1.11 bits per heavy atom. The molecule has 0 unspecified atom stereocenters. The number of halogens is 1. The van der Waals surface area contributed by atoms with Crippen molar-refractivity contribution in [1.29, 1.82) is 0 Å². The molecule has 0 bridgehead atoms. The fourth-order valence-electron chi connectivity index (χ4n) is 4.03. The molecule has 0 aliphatic heterocycles. The second-order valence-electron chi connectivity index (χ2n) is 8.38. The Balaban J connectivity index is 0.00000235. The van der Waals surface area contributed by atoms with Crippen LogP contribution in [0.15, 0.2) is 80.0 Å². The van der Waals surface area contributed by atoms with E-state index in [1.807, 2.05) is 45.9 Å². The SMILES string of the molecule is C#C.C=C/C=C(C)\C(=C/C)c1ccc(N)c(Cc2nc(/C(=C\C=C)c3ccc(C(=C)C)s3)c(C)[nH]2)c1F. The molecular formula is C32H34FN3S. The molecule has 0 atom stereocenters.